The lowest BCUT2D eigenvalue weighted by atomic mass is 10.1. The average Bonchev–Trinajstić information content (AvgIpc) is 2.29. The van der Waals surface area contributed by atoms with Gasteiger partial charge in [0.2, 0.25) is 0 Å². The number of carbonyl (C=O) groups is 1. The maximum Gasteiger partial charge on any atom is 0.275 e. The van der Waals surface area contributed by atoms with Gasteiger partial charge in [0.1, 0.15) is 6.04 Å². The Labute approximate surface area is 100 Å². The molecule has 2 rings (SSSR count). The van der Waals surface area contributed by atoms with E-state index in [2.05, 4.69) is 12.2 Å². The molecule has 1 aliphatic heterocycles. The van der Waals surface area contributed by atoms with E-state index >= 15 is 0 Å². The first-order chi connectivity index (χ1) is 7.68. The van der Waals surface area contributed by atoms with Crippen molar-refractivity contribution in [3.63, 3.8) is 0 Å². The Hall–Kier alpha value is -1.06. The Morgan fingerprint density at radius 2 is 2.19 bits per heavy atom. The van der Waals surface area contributed by atoms with Gasteiger partial charge in [-0.25, -0.2) is 0 Å². The summed E-state index contributed by atoms with van der Waals surface area (Å²) in [6.07, 6.45) is 0. The van der Waals surface area contributed by atoms with Gasteiger partial charge in [-0.15, -0.1) is 0 Å². The predicted molar refractivity (Wildman–Crippen MR) is 63.6 cm³/mol. The van der Waals surface area contributed by atoms with Crippen molar-refractivity contribution >= 4 is 17.5 Å². The minimum Gasteiger partial charge on any atom is -0.346 e. The number of quaternary nitrogens is 1. The Morgan fingerprint density at radius 3 is 2.88 bits per heavy atom. The fourth-order valence-corrected chi connectivity index (χ4v) is 2.43. The maximum absolute atomic E-state index is 11.3. The van der Waals surface area contributed by atoms with Crippen LogP contribution in [0.15, 0.2) is 24.3 Å². The summed E-state index contributed by atoms with van der Waals surface area (Å²) >= 11 is 6.16. The minimum absolute atomic E-state index is 0.125. The number of benzene rings is 1. The van der Waals surface area contributed by atoms with Crippen LogP contribution in [0.4, 0.5) is 0 Å². The molecule has 1 saturated heterocycles. The molecule has 2 N–H and O–H groups in total. The van der Waals surface area contributed by atoms with Gasteiger partial charge in [0.25, 0.3) is 5.91 Å². The lowest BCUT2D eigenvalue weighted by molar-refractivity contribution is -0.923. The van der Waals surface area contributed by atoms with Crippen LogP contribution in [0.25, 0.3) is 0 Å². The number of piperazine rings is 1. The van der Waals surface area contributed by atoms with Gasteiger partial charge in [-0.2, -0.15) is 0 Å². The number of amides is 1. The molecule has 16 heavy (non-hydrogen) atoms. The minimum atomic E-state index is 0.125. The zero-order valence-electron chi connectivity index (χ0n) is 9.29. The van der Waals surface area contributed by atoms with Gasteiger partial charge in [-0.1, -0.05) is 29.8 Å². The fraction of sp³-hybridized carbons (Fsp3) is 0.417. The van der Waals surface area contributed by atoms with Gasteiger partial charge in [0.05, 0.1) is 13.1 Å². The molecule has 0 bridgehead atoms. The van der Waals surface area contributed by atoms with Crippen molar-refractivity contribution in [2.24, 2.45) is 0 Å². The summed E-state index contributed by atoms with van der Waals surface area (Å²) in [4.78, 5) is 12.6. The van der Waals surface area contributed by atoms with Gasteiger partial charge in [0, 0.05) is 10.6 Å². The van der Waals surface area contributed by atoms with E-state index in [1.165, 1.54) is 4.90 Å². The fourth-order valence-electron chi connectivity index (χ4n) is 2.14. The highest BCUT2D eigenvalue weighted by Gasteiger charge is 2.26. The van der Waals surface area contributed by atoms with Crippen molar-refractivity contribution in [2.45, 2.75) is 13.0 Å². The molecule has 0 radical (unpaired) electrons. The molecular weight excluding hydrogens is 224 g/mol. The number of rotatable bonds is 2. The van der Waals surface area contributed by atoms with Gasteiger partial charge in [-0.05, 0) is 13.0 Å². The zero-order chi connectivity index (χ0) is 11.5. The number of carbonyl (C=O) groups excluding carboxylic acids is 1. The van der Waals surface area contributed by atoms with E-state index in [-0.39, 0.29) is 11.9 Å². The number of nitrogens with one attached hydrogen (secondary N) is 2. The van der Waals surface area contributed by atoms with Crippen molar-refractivity contribution in [1.82, 2.24) is 5.32 Å². The summed E-state index contributed by atoms with van der Waals surface area (Å²) in [5, 5.41) is 3.63. The van der Waals surface area contributed by atoms with Gasteiger partial charge >= 0.3 is 0 Å². The van der Waals surface area contributed by atoms with Crippen molar-refractivity contribution in [2.75, 3.05) is 19.6 Å². The van der Waals surface area contributed by atoms with Crippen LogP contribution < -0.4 is 10.2 Å². The van der Waals surface area contributed by atoms with Crippen molar-refractivity contribution in [3.05, 3.63) is 34.9 Å². The molecule has 0 spiro atoms. The molecule has 1 aliphatic rings. The third kappa shape index (κ3) is 2.36. The van der Waals surface area contributed by atoms with Crippen molar-refractivity contribution in [1.29, 1.82) is 0 Å². The van der Waals surface area contributed by atoms with Gasteiger partial charge in [-0.3, -0.25) is 4.79 Å². The first-order valence-corrected chi connectivity index (χ1v) is 5.92. The van der Waals surface area contributed by atoms with Gasteiger partial charge in [0.15, 0.2) is 6.54 Å². The molecule has 1 amide bonds. The highest BCUT2D eigenvalue weighted by atomic mass is 35.5. The summed E-state index contributed by atoms with van der Waals surface area (Å²) < 4.78 is 0. The second-order valence-corrected chi connectivity index (χ2v) is 4.59. The maximum atomic E-state index is 11.3. The highest BCUT2D eigenvalue weighted by Crippen LogP contribution is 2.20. The predicted octanol–water partition coefficient (Wildman–Crippen LogP) is 0.416. The Kier molecular flexibility index (Phi) is 3.46. The van der Waals surface area contributed by atoms with E-state index in [0.29, 0.717) is 6.54 Å². The van der Waals surface area contributed by atoms with E-state index in [4.69, 9.17) is 11.6 Å². The van der Waals surface area contributed by atoms with Crippen molar-refractivity contribution in [3.8, 4) is 0 Å². The van der Waals surface area contributed by atoms with Crippen LogP contribution in [-0.4, -0.2) is 25.5 Å². The summed E-state index contributed by atoms with van der Waals surface area (Å²) in [6.45, 7) is 4.36. The molecule has 1 heterocycles. The lowest BCUT2D eigenvalue weighted by Crippen LogP contribution is -3.15. The zero-order valence-corrected chi connectivity index (χ0v) is 10.1. The quantitative estimate of drug-likeness (QED) is 0.771. The Morgan fingerprint density at radius 1 is 1.44 bits per heavy atom. The molecular formula is C12H16ClN2O+. The molecule has 2 atom stereocenters. The Bertz CT molecular complexity index is 394. The molecule has 1 fully saturated rings. The molecule has 4 heteroatoms. The van der Waals surface area contributed by atoms with Crippen LogP contribution in [0.5, 0.6) is 0 Å². The topological polar surface area (TPSA) is 33.5 Å². The molecule has 1 aromatic carbocycles. The average molecular weight is 240 g/mol. The normalized spacial score (nSPS) is 22.6. The SMILES string of the molecule is C[C@@H](c1ccccc1Cl)[NH+]1CCNC(=O)C1. The Balaban J connectivity index is 2.15. The first-order valence-electron chi connectivity index (χ1n) is 5.54. The van der Waals surface area contributed by atoms with Crippen LogP contribution in [0, 0.1) is 0 Å². The largest absolute Gasteiger partial charge is 0.346 e. The second kappa shape index (κ2) is 4.85. The van der Waals surface area contributed by atoms with Crippen LogP contribution in [-0.2, 0) is 4.79 Å². The molecule has 1 unspecified atom stereocenters. The lowest BCUT2D eigenvalue weighted by Gasteiger charge is -2.29. The summed E-state index contributed by atoms with van der Waals surface area (Å²) in [6, 6.07) is 8.11. The summed E-state index contributed by atoms with van der Waals surface area (Å²) in [5.74, 6) is 0.125. The monoisotopic (exact) mass is 239 g/mol. The second-order valence-electron chi connectivity index (χ2n) is 4.18. The molecule has 0 saturated carbocycles. The molecule has 86 valence electrons. The van der Waals surface area contributed by atoms with E-state index in [0.717, 1.165) is 23.7 Å². The smallest absolute Gasteiger partial charge is 0.275 e. The first kappa shape index (κ1) is 11.4. The highest BCUT2D eigenvalue weighted by molar-refractivity contribution is 6.31. The summed E-state index contributed by atoms with van der Waals surface area (Å²) in [5.41, 5.74) is 1.12. The van der Waals surface area contributed by atoms with E-state index in [1.807, 2.05) is 24.3 Å². The molecule has 0 aliphatic carbocycles. The molecule has 3 nitrogen and oxygen atoms in total. The van der Waals surface area contributed by atoms with Gasteiger partial charge < -0.3 is 10.2 Å². The third-order valence-corrected chi connectivity index (χ3v) is 3.48. The van der Waals surface area contributed by atoms with Crippen LogP contribution in [0.2, 0.25) is 5.02 Å². The number of halogens is 1. The molecule has 1 aromatic rings. The summed E-state index contributed by atoms with van der Waals surface area (Å²) in [7, 11) is 0. The standard InChI is InChI=1S/C12H15ClN2O/c1-9(10-4-2-3-5-11(10)13)15-7-6-14-12(16)8-15/h2-5,9H,6-8H2,1H3,(H,14,16)/p+1/t9-/m0/s1. The van der Waals surface area contributed by atoms with Crippen LogP contribution in [0.3, 0.4) is 0 Å². The van der Waals surface area contributed by atoms with Crippen LogP contribution >= 0.6 is 11.6 Å². The van der Waals surface area contributed by atoms with E-state index in [9.17, 15) is 4.79 Å². The number of hydrogen-bond acceptors (Lipinski definition) is 1. The van der Waals surface area contributed by atoms with Crippen molar-refractivity contribution < 1.29 is 9.69 Å². The molecule has 0 aromatic heterocycles. The van der Waals surface area contributed by atoms with Crippen LogP contribution in [0.1, 0.15) is 18.5 Å². The third-order valence-electron chi connectivity index (χ3n) is 3.14. The number of hydrogen-bond donors (Lipinski definition) is 2. The van der Waals surface area contributed by atoms with E-state index < -0.39 is 0 Å². The van der Waals surface area contributed by atoms with E-state index in [1.54, 1.807) is 0 Å².